The number of aryl methyl sites for hydroxylation is 1. The summed E-state index contributed by atoms with van der Waals surface area (Å²) < 4.78 is 25.6. The predicted octanol–water partition coefficient (Wildman–Crippen LogP) is 4.41. The Bertz CT molecular complexity index is 541. The quantitative estimate of drug-likeness (QED) is 0.681. The minimum absolute atomic E-state index is 0.0495. The van der Waals surface area contributed by atoms with E-state index >= 15 is 0 Å². The molecule has 1 saturated heterocycles. The molecular weight excluding hydrogens is 378 g/mol. The molecule has 0 bridgehead atoms. The second kappa shape index (κ2) is 12.7. The molecule has 4 nitrogen and oxygen atoms in total. The monoisotopic (exact) mass is 407 g/mol. The second-order valence-corrected chi connectivity index (χ2v) is 7.09. The average Bonchev–Trinajstić information content (AvgIpc) is 2.94. The van der Waals surface area contributed by atoms with Gasteiger partial charge in [-0.25, -0.2) is 8.42 Å². The van der Waals surface area contributed by atoms with Gasteiger partial charge in [0.2, 0.25) is 10.0 Å². The van der Waals surface area contributed by atoms with Crippen molar-refractivity contribution in [3.8, 4) is 0 Å². The molecular formula is C17H30BrNO3S. The summed E-state index contributed by atoms with van der Waals surface area (Å²) >= 11 is 3.17. The van der Waals surface area contributed by atoms with E-state index in [0.29, 0.717) is 0 Å². The van der Waals surface area contributed by atoms with Crippen LogP contribution in [0.15, 0.2) is 29.2 Å². The fourth-order valence-electron chi connectivity index (χ4n) is 1.66. The van der Waals surface area contributed by atoms with Gasteiger partial charge in [0.15, 0.2) is 5.78 Å². The molecule has 0 aliphatic carbocycles. The number of carbonyl (C=O) groups excluding carboxylic acids is 1. The van der Waals surface area contributed by atoms with E-state index in [9.17, 15) is 13.2 Å². The molecule has 0 spiro atoms. The van der Waals surface area contributed by atoms with Gasteiger partial charge in [-0.1, -0.05) is 75.2 Å². The number of halogens is 1. The van der Waals surface area contributed by atoms with Gasteiger partial charge in [-0.3, -0.25) is 4.79 Å². The first-order valence-corrected chi connectivity index (χ1v) is 10.5. The number of alkyl halides is 1. The van der Waals surface area contributed by atoms with Crippen LogP contribution < -0.4 is 0 Å². The Morgan fingerprint density at radius 2 is 1.43 bits per heavy atom. The van der Waals surface area contributed by atoms with Gasteiger partial charge in [0, 0.05) is 6.54 Å². The molecule has 1 fully saturated rings. The van der Waals surface area contributed by atoms with Crippen molar-refractivity contribution in [2.45, 2.75) is 58.2 Å². The lowest BCUT2D eigenvalue weighted by Crippen LogP contribution is -2.29. The van der Waals surface area contributed by atoms with Crippen LogP contribution in [-0.2, 0) is 14.8 Å². The highest BCUT2D eigenvalue weighted by molar-refractivity contribution is 9.10. The van der Waals surface area contributed by atoms with Gasteiger partial charge >= 0.3 is 0 Å². The van der Waals surface area contributed by atoms with Crippen molar-refractivity contribution in [3.05, 3.63) is 29.8 Å². The Morgan fingerprint density at radius 1 is 1.00 bits per heavy atom. The SMILES string of the molecule is CC.CC.CC.Cc1ccc(S(=O)(=O)N2CC(=O)C(Br)C2)cc1. The van der Waals surface area contributed by atoms with Gasteiger partial charge in [-0.15, -0.1) is 0 Å². The third-order valence-electron chi connectivity index (χ3n) is 2.70. The molecule has 1 aromatic carbocycles. The lowest BCUT2D eigenvalue weighted by atomic mass is 10.2. The highest BCUT2D eigenvalue weighted by atomic mass is 79.9. The number of Topliss-reactive ketones (excluding diaryl/α,β-unsaturated/α-hetero) is 1. The van der Waals surface area contributed by atoms with Gasteiger partial charge in [-0.2, -0.15) is 4.31 Å². The Balaban J connectivity index is 0. The number of hydrogen-bond donors (Lipinski definition) is 0. The maximum atomic E-state index is 12.2. The summed E-state index contributed by atoms with van der Waals surface area (Å²) in [6.45, 7) is 14.0. The molecule has 0 amide bonds. The standard InChI is InChI=1S/C11H12BrNO3S.3C2H6/c1-8-2-4-9(5-3-8)17(15,16)13-6-10(12)11(14)7-13;3*1-2/h2-5,10H,6-7H2,1H3;3*1-2H3. The van der Waals surface area contributed by atoms with E-state index in [1.807, 2.05) is 48.5 Å². The van der Waals surface area contributed by atoms with Crippen LogP contribution in [0.25, 0.3) is 0 Å². The number of nitrogens with zero attached hydrogens (tertiary/aromatic N) is 1. The van der Waals surface area contributed by atoms with Crippen molar-refractivity contribution < 1.29 is 13.2 Å². The highest BCUT2D eigenvalue weighted by Gasteiger charge is 2.36. The van der Waals surface area contributed by atoms with Crippen molar-refractivity contribution in [2.24, 2.45) is 0 Å². The van der Waals surface area contributed by atoms with Crippen LogP contribution in [0.2, 0.25) is 0 Å². The van der Waals surface area contributed by atoms with E-state index in [4.69, 9.17) is 0 Å². The first kappa shape index (κ1) is 24.5. The zero-order valence-electron chi connectivity index (χ0n) is 15.3. The Hall–Kier alpha value is -0.720. The third-order valence-corrected chi connectivity index (χ3v) is 5.33. The fourth-order valence-corrected chi connectivity index (χ4v) is 3.77. The highest BCUT2D eigenvalue weighted by Crippen LogP contribution is 2.22. The summed E-state index contributed by atoms with van der Waals surface area (Å²) in [5.41, 5.74) is 1.000. The molecule has 1 aliphatic heterocycles. The molecule has 1 aromatic rings. The predicted molar refractivity (Wildman–Crippen MR) is 102 cm³/mol. The maximum absolute atomic E-state index is 12.2. The molecule has 0 aromatic heterocycles. The van der Waals surface area contributed by atoms with Gasteiger partial charge < -0.3 is 0 Å². The molecule has 1 aliphatic rings. The number of ketones is 1. The van der Waals surface area contributed by atoms with Gasteiger partial charge in [0.05, 0.1) is 16.3 Å². The first-order valence-electron chi connectivity index (χ1n) is 8.15. The molecule has 6 heteroatoms. The molecule has 0 N–H and O–H groups in total. The van der Waals surface area contributed by atoms with Crippen molar-refractivity contribution in [2.75, 3.05) is 13.1 Å². The minimum Gasteiger partial charge on any atom is -0.297 e. The molecule has 2 rings (SSSR count). The Morgan fingerprint density at radius 3 is 1.78 bits per heavy atom. The smallest absolute Gasteiger partial charge is 0.243 e. The Kier molecular flexibility index (Phi) is 13.5. The maximum Gasteiger partial charge on any atom is 0.243 e. The van der Waals surface area contributed by atoms with E-state index < -0.39 is 10.0 Å². The van der Waals surface area contributed by atoms with E-state index in [-0.39, 0.29) is 28.6 Å². The molecule has 0 saturated carbocycles. The van der Waals surface area contributed by atoms with Crippen LogP contribution in [0.4, 0.5) is 0 Å². The minimum atomic E-state index is -3.54. The summed E-state index contributed by atoms with van der Waals surface area (Å²) in [4.78, 5) is 11.2. The number of hydrogen-bond acceptors (Lipinski definition) is 3. The van der Waals surface area contributed by atoms with Crippen molar-refractivity contribution in [1.82, 2.24) is 4.31 Å². The normalized spacial score (nSPS) is 17.0. The molecule has 23 heavy (non-hydrogen) atoms. The summed E-state index contributed by atoms with van der Waals surface area (Å²) in [6.07, 6.45) is 0. The largest absolute Gasteiger partial charge is 0.297 e. The van der Waals surface area contributed by atoms with E-state index in [0.717, 1.165) is 5.56 Å². The summed E-state index contributed by atoms with van der Waals surface area (Å²) in [6, 6.07) is 6.63. The zero-order valence-corrected chi connectivity index (χ0v) is 17.7. The molecule has 1 atom stereocenters. The first-order chi connectivity index (χ1) is 10.9. The van der Waals surface area contributed by atoms with Gasteiger partial charge in [-0.05, 0) is 19.1 Å². The van der Waals surface area contributed by atoms with Gasteiger partial charge in [0.1, 0.15) is 0 Å². The number of sulfonamides is 1. The topological polar surface area (TPSA) is 54.5 Å². The molecule has 0 radical (unpaired) electrons. The van der Waals surface area contributed by atoms with Crippen LogP contribution in [0, 0.1) is 6.92 Å². The van der Waals surface area contributed by atoms with Crippen molar-refractivity contribution in [3.63, 3.8) is 0 Å². The van der Waals surface area contributed by atoms with E-state index in [1.165, 1.54) is 4.31 Å². The van der Waals surface area contributed by atoms with Gasteiger partial charge in [0.25, 0.3) is 0 Å². The van der Waals surface area contributed by atoms with E-state index in [1.54, 1.807) is 24.3 Å². The summed E-state index contributed by atoms with van der Waals surface area (Å²) in [5, 5.41) is 0. The fraction of sp³-hybridized carbons (Fsp3) is 0.588. The third kappa shape index (κ3) is 7.14. The second-order valence-electron chi connectivity index (χ2n) is 4.04. The lowest BCUT2D eigenvalue weighted by Gasteiger charge is -2.14. The molecule has 1 heterocycles. The molecule has 134 valence electrons. The van der Waals surface area contributed by atoms with Crippen LogP contribution >= 0.6 is 15.9 Å². The Labute approximate surface area is 150 Å². The van der Waals surface area contributed by atoms with Crippen molar-refractivity contribution >= 4 is 31.7 Å². The summed E-state index contributed by atoms with van der Waals surface area (Å²) in [7, 11) is -3.54. The van der Waals surface area contributed by atoms with E-state index in [2.05, 4.69) is 15.9 Å². The number of rotatable bonds is 2. The number of carbonyl (C=O) groups is 1. The van der Waals surface area contributed by atoms with Crippen molar-refractivity contribution in [1.29, 1.82) is 0 Å². The van der Waals surface area contributed by atoms with Crippen LogP contribution in [0.1, 0.15) is 47.1 Å². The summed E-state index contributed by atoms with van der Waals surface area (Å²) in [5.74, 6) is -0.0966. The molecule has 1 unspecified atom stereocenters. The average molecular weight is 408 g/mol. The lowest BCUT2D eigenvalue weighted by molar-refractivity contribution is -0.116. The number of benzene rings is 1. The zero-order chi connectivity index (χ0) is 18.6. The van der Waals surface area contributed by atoms with Crippen LogP contribution in [0.3, 0.4) is 0 Å². The van der Waals surface area contributed by atoms with Crippen LogP contribution in [0.5, 0.6) is 0 Å². The van der Waals surface area contributed by atoms with Crippen LogP contribution in [-0.4, -0.2) is 36.4 Å².